The van der Waals surface area contributed by atoms with E-state index in [1.165, 1.54) is 0 Å². The van der Waals surface area contributed by atoms with Crippen molar-refractivity contribution < 1.29 is 9.59 Å². The number of anilines is 1. The van der Waals surface area contributed by atoms with Crippen LogP contribution in [0.3, 0.4) is 0 Å². The minimum absolute atomic E-state index is 0.0653. The summed E-state index contributed by atoms with van der Waals surface area (Å²) < 4.78 is 0. The van der Waals surface area contributed by atoms with Crippen molar-refractivity contribution in [2.45, 2.75) is 18.9 Å². The highest BCUT2D eigenvalue weighted by atomic mass is 16.2. The second-order valence-corrected chi connectivity index (χ2v) is 5.88. The first-order chi connectivity index (χ1) is 11.2. The number of nitrogens with zero attached hydrogens (tertiary/aromatic N) is 4. The van der Waals surface area contributed by atoms with Gasteiger partial charge in [-0.15, -0.1) is 0 Å². The first kappa shape index (κ1) is 15.5. The summed E-state index contributed by atoms with van der Waals surface area (Å²) in [6.45, 7) is 3.30. The summed E-state index contributed by atoms with van der Waals surface area (Å²) in [4.78, 5) is 30.2. The molecule has 6 heteroatoms. The van der Waals surface area contributed by atoms with Crippen molar-refractivity contribution in [2.75, 3.05) is 37.6 Å². The molecule has 6 nitrogen and oxygen atoms in total. The van der Waals surface area contributed by atoms with Crippen LogP contribution in [0.15, 0.2) is 30.3 Å². The predicted molar refractivity (Wildman–Crippen MR) is 85.6 cm³/mol. The highest BCUT2D eigenvalue weighted by molar-refractivity contribution is 5.99. The lowest BCUT2D eigenvalue weighted by molar-refractivity contribution is -0.132. The van der Waals surface area contributed by atoms with Crippen LogP contribution in [0.1, 0.15) is 12.8 Å². The number of para-hydroxylation sites is 1. The van der Waals surface area contributed by atoms with Crippen LogP contribution in [0.25, 0.3) is 0 Å². The minimum atomic E-state index is -0.115. The molecular formula is C17H20N4O2. The third-order valence-corrected chi connectivity index (χ3v) is 4.58. The largest absolute Gasteiger partial charge is 0.339 e. The van der Waals surface area contributed by atoms with Gasteiger partial charge < -0.3 is 9.80 Å². The standard InChI is InChI=1S/C17H20N4O2/c18-8-6-16(22)20-12-10-19(11-13-20)15-7-9-21(17(15)23)14-4-2-1-3-5-14/h1-5,15H,6-7,9-13H2/t15-/m1/s1. The van der Waals surface area contributed by atoms with Crippen molar-refractivity contribution in [2.24, 2.45) is 0 Å². The van der Waals surface area contributed by atoms with Gasteiger partial charge in [-0.05, 0) is 18.6 Å². The molecule has 0 aliphatic carbocycles. The molecule has 0 radical (unpaired) electrons. The molecule has 2 fully saturated rings. The van der Waals surface area contributed by atoms with Gasteiger partial charge in [0.25, 0.3) is 0 Å². The van der Waals surface area contributed by atoms with Crippen LogP contribution in [0.4, 0.5) is 5.69 Å². The summed E-state index contributed by atoms with van der Waals surface area (Å²) in [5.74, 6) is 0.0313. The zero-order chi connectivity index (χ0) is 16.2. The lowest BCUT2D eigenvalue weighted by Crippen LogP contribution is -2.53. The topological polar surface area (TPSA) is 67.7 Å². The maximum absolute atomic E-state index is 12.7. The summed E-state index contributed by atoms with van der Waals surface area (Å²) in [5, 5.41) is 8.61. The fourth-order valence-electron chi connectivity index (χ4n) is 3.33. The Labute approximate surface area is 135 Å². The summed E-state index contributed by atoms with van der Waals surface area (Å²) in [7, 11) is 0. The number of carbonyl (C=O) groups excluding carboxylic acids is 2. The number of benzene rings is 1. The van der Waals surface area contributed by atoms with Crippen molar-refractivity contribution in [3.05, 3.63) is 30.3 Å². The van der Waals surface area contributed by atoms with E-state index in [-0.39, 0.29) is 24.3 Å². The normalized spacial score (nSPS) is 22.2. The number of carbonyl (C=O) groups is 2. The van der Waals surface area contributed by atoms with Gasteiger partial charge in [0, 0.05) is 38.4 Å². The molecule has 2 aliphatic rings. The molecule has 0 unspecified atom stereocenters. The van der Waals surface area contributed by atoms with Crippen LogP contribution >= 0.6 is 0 Å². The number of nitriles is 1. The maximum atomic E-state index is 12.7. The van der Waals surface area contributed by atoms with Crippen LogP contribution in [-0.4, -0.2) is 60.4 Å². The highest BCUT2D eigenvalue weighted by Gasteiger charge is 2.38. The van der Waals surface area contributed by atoms with E-state index in [1.54, 1.807) is 4.90 Å². The fourth-order valence-corrected chi connectivity index (χ4v) is 3.33. The molecular weight excluding hydrogens is 292 g/mol. The molecule has 0 N–H and O–H groups in total. The lowest BCUT2D eigenvalue weighted by atomic mass is 10.1. The minimum Gasteiger partial charge on any atom is -0.339 e. The van der Waals surface area contributed by atoms with Gasteiger partial charge in [-0.1, -0.05) is 18.2 Å². The molecule has 120 valence electrons. The molecule has 23 heavy (non-hydrogen) atoms. The van der Waals surface area contributed by atoms with Crippen LogP contribution in [0.2, 0.25) is 0 Å². The average Bonchev–Trinajstić information content (AvgIpc) is 2.97. The number of piperazine rings is 1. The first-order valence-electron chi connectivity index (χ1n) is 7.96. The number of amides is 2. The third kappa shape index (κ3) is 3.20. The molecule has 2 heterocycles. The molecule has 1 aromatic carbocycles. The van der Waals surface area contributed by atoms with Crippen LogP contribution in [-0.2, 0) is 9.59 Å². The van der Waals surface area contributed by atoms with Gasteiger partial charge in [-0.2, -0.15) is 5.26 Å². The molecule has 0 spiro atoms. The maximum Gasteiger partial charge on any atom is 0.244 e. The van der Waals surface area contributed by atoms with E-state index in [0.717, 1.165) is 18.7 Å². The predicted octanol–water partition coefficient (Wildman–Crippen LogP) is 0.850. The summed E-state index contributed by atoms with van der Waals surface area (Å²) in [5.41, 5.74) is 0.947. The van der Waals surface area contributed by atoms with E-state index in [0.29, 0.717) is 26.2 Å². The van der Waals surface area contributed by atoms with Crippen molar-refractivity contribution in [1.82, 2.24) is 9.80 Å². The Kier molecular flexibility index (Phi) is 4.58. The van der Waals surface area contributed by atoms with Gasteiger partial charge >= 0.3 is 0 Å². The van der Waals surface area contributed by atoms with Gasteiger partial charge in [0.1, 0.15) is 6.42 Å². The van der Waals surface area contributed by atoms with Crippen LogP contribution < -0.4 is 4.90 Å². The molecule has 0 aromatic heterocycles. The molecule has 2 aliphatic heterocycles. The number of hydrogen-bond donors (Lipinski definition) is 0. The van der Waals surface area contributed by atoms with E-state index < -0.39 is 0 Å². The molecule has 2 saturated heterocycles. The smallest absolute Gasteiger partial charge is 0.244 e. The van der Waals surface area contributed by atoms with Gasteiger partial charge in [-0.25, -0.2) is 0 Å². The zero-order valence-corrected chi connectivity index (χ0v) is 13.0. The van der Waals surface area contributed by atoms with Gasteiger partial charge in [0.2, 0.25) is 11.8 Å². The van der Waals surface area contributed by atoms with E-state index >= 15 is 0 Å². The van der Waals surface area contributed by atoms with Crippen molar-refractivity contribution in [3.8, 4) is 6.07 Å². The summed E-state index contributed by atoms with van der Waals surface area (Å²) in [6, 6.07) is 11.5. The molecule has 3 rings (SSSR count). The summed E-state index contributed by atoms with van der Waals surface area (Å²) in [6.07, 6.45) is 0.754. The van der Waals surface area contributed by atoms with E-state index in [4.69, 9.17) is 5.26 Å². The zero-order valence-electron chi connectivity index (χ0n) is 13.0. The Bertz CT molecular complexity index is 617. The summed E-state index contributed by atoms with van der Waals surface area (Å²) >= 11 is 0. The Morgan fingerprint density at radius 2 is 1.83 bits per heavy atom. The Morgan fingerprint density at radius 3 is 2.48 bits per heavy atom. The number of rotatable bonds is 3. The quantitative estimate of drug-likeness (QED) is 0.830. The second-order valence-electron chi connectivity index (χ2n) is 5.88. The Morgan fingerprint density at radius 1 is 1.13 bits per heavy atom. The van der Waals surface area contributed by atoms with E-state index in [9.17, 15) is 9.59 Å². The molecule has 0 bridgehead atoms. The third-order valence-electron chi connectivity index (χ3n) is 4.58. The first-order valence-corrected chi connectivity index (χ1v) is 7.96. The molecule has 2 amide bonds. The van der Waals surface area contributed by atoms with Gasteiger partial charge in [-0.3, -0.25) is 14.5 Å². The van der Waals surface area contributed by atoms with Gasteiger partial charge in [0.15, 0.2) is 0 Å². The molecule has 1 atom stereocenters. The highest BCUT2D eigenvalue weighted by Crippen LogP contribution is 2.24. The Hall–Kier alpha value is -2.39. The monoisotopic (exact) mass is 312 g/mol. The second kappa shape index (κ2) is 6.80. The van der Waals surface area contributed by atoms with Crippen molar-refractivity contribution >= 4 is 17.5 Å². The number of hydrogen-bond acceptors (Lipinski definition) is 4. The van der Waals surface area contributed by atoms with E-state index in [2.05, 4.69) is 4.90 Å². The SMILES string of the molecule is N#CCC(=O)N1CCN([C@@H]2CCN(c3ccccc3)C2=O)CC1. The van der Waals surface area contributed by atoms with E-state index in [1.807, 2.05) is 41.3 Å². The average molecular weight is 312 g/mol. The fraction of sp³-hybridized carbons (Fsp3) is 0.471. The van der Waals surface area contributed by atoms with Gasteiger partial charge in [0.05, 0.1) is 12.1 Å². The van der Waals surface area contributed by atoms with Crippen molar-refractivity contribution in [3.63, 3.8) is 0 Å². The van der Waals surface area contributed by atoms with Crippen LogP contribution in [0, 0.1) is 11.3 Å². The van der Waals surface area contributed by atoms with Crippen molar-refractivity contribution in [1.29, 1.82) is 5.26 Å². The Balaban J connectivity index is 1.59. The van der Waals surface area contributed by atoms with Crippen LogP contribution in [0.5, 0.6) is 0 Å². The lowest BCUT2D eigenvalue weighted by Gasteiger charge is -2.37. The molecule has 1 aromatic rings. The molecule has 0 saturated carbocycles.